The quantitative estimate of drug-likeness (QED) is 0.791. The van der Waals surface area contributed by atoms with E-state index in [0.29, 0.717) is 0 Å². The Labute approximate surface area is 89.9 Å². The van der Waals surface area contributed by atoms with Crippen LogP contribution in [-0.4, -0.2) is 4.98 Å². The van der Waals surface area contributed by atoms with Crippen LogP contribution in [0.25, 0.3) is 11.1 Å². The monoisotopic (exact) mass is 255 g/mol. The second-order valence-electron chi connectivity index (χ2n) is 2.73. The molecule has 3 heteroatoms. The number of benzene rings is 1. The highest BCUT2D eigenvalue weighted by Gasteiger charge is 2.03. The minimum atomic E-state index is 0.748. The smallest absolute Gasteiger partial charge is 0.0658 e. The van der Waals surface area contributed by atoms with Crippen LogP contribution in [0, 0.1) is 0 Å². The van der Waals surface area contributed by atoms with E-state index in [1.54, 1.807) is 6.20 Å². The summed E-state index contributed by atoms with van der Waals surface area (Å²) in [4.78, 5) is 2.97. The van der Waals surface area contributed by atoms with Crippen molar-refractivity contribution in [3.8, 4) is 11.1 Å². The van der Waals surface area contributed by atoms with Crippen molar-refractivity contribution in [2.24, 2.45) is 0 Å². The topological polar surface area (TPSA) is 15.8 Å². The average Bonchev–Trinajstić information content (AvgIpc) is 2.51. The Morgan fingerprint density at radius 2 is 2.08 bits per heavy atom. The molecule has 1 heterocycles. The van der Waals surface area contributed by atoms with E-state index in [1.807, 2.05) is 30.5 Å². The third-order valence-corrected chi connectivity index (χ3v) is 2.64. The molecule has 2 aromatic rings. The lowest BCUT2D eigenvalue weighted by Gasteiger charge is -1.98. The maximum absolute atomic E-state index is 5.98. The number of hydrogen-bond acceptors (Lipinski definition) is 0. The summed E-state index contributed by atoms with van der Waals surface area (Å²) in [5, 5.41) is 0.748. The van der Waals surface area contributed by atoms with Crippen molar-refractivity contribution in [3.63, 3.8) is 0 Å². The van der Waals surface area contributed by atoms with E-state index in [4.69, 9.17) is 11.6 Å². The zero-order chi connectivity index (χ0) is 9.26. The van der Waals surface area contributed by atoms with Crippen molar-refractivity contribution in [2.45, 2.75) is 0 Å². The molecule has 0 bridgehead atoms. The minimum absolute atomic E-state index is 0.748. The van der Waals surface area contributed by atoms with Crippen LogP contribution in [0.5, 0.6) is 0 Å². The lowest BCUT2D eigenvalue weighted by atomic mass is 10.1. The maximum atomic E-state index is 5.98. The Morgan fingerprint density at radius 3 is 2.69 bits per heavy atom. The van der Waals surface area contributed by atoms with Crippen LogP contribution in [0.4, 0.5) is 0 Å². The van der Waals surface area contributed by atoms with Crippen LogP contribution >= 0.6 is 27.5 Å². The fourth-order valence-electron chi connectivity index (χ4n) is 1.22. The number of rotatable bonds is 1. The first-order valence-corrected chi connectivity index (χ1v) is 5.02. The molecule has 0 radical (unpaired) electrons. The molecule has 0 amide bonds. The van der Waals surface area contributed by atoms with Gasteiger partial charge in [-0.25, -0.2) is 0 Å². The van der Waals surface area contributed by atoms with Gasteiger partial charge < -0.3 is 4.98 Å². The van der Waals surface area contributed by atoms with Crippen molar-refractivity contribution in [3.05, 3.63) is 46.2 Å². The van der Waals surface area contributed by atoms with Crippen molar-refractivity contribution in [1.29, 1.82) is 0 Å². The summed E-state index contributed by atoms with van der Waals surface area (Å²) in [5.74, 6) is 0. The number of hydrogen-bond donors (Lipinski definition) is 1. The lowest BCUT2D eigenvalue weighted by molar-refractivity contribution is 1.41. The van der Waals surface area contributed by atoms with Crippen molar-refractivity contribution in [1.82, 2.24) is 4.98 Å². The molecule has 0 saturated heterocycles. The maximum Gasteiger partial charge on any atom is 0.0658 e. The standard InChI is InChI=1S/C10H7BrClN/c11-8-3-1-2-7(4-8)9-5-13-6-10(9)12/h1-6,13H. The second kappa shape index (κ2) is 3.56. The molecule has 0 spiro atoms. The summed E-state index contributed by atoms with van der Waals surface area (Å²) in [6, 6.07) is 8.04. The predicted molar refractivity (Wildman–Crippen MR) is 58.9 cm³/mol. The van der Waals surface area contributed by atoms with Crippen LogP contribution in [0.3, 0.4) is 0 Å². The zero-order valence-corrected chi connectivity index (χ0v) is 9.06. The predicted octanol–water partition coefficient (Wildman–Crippen LogP) is 4.10. The van der Waals surface area contributed by atoms with E-state index >= 15 is 0 Å². The minimum Gasteiger partial charge on any atom is -0.366 e. The molecule has 1 N–H and O–H groups in total. The van der Waals surface area contributed by atoms with E-state index in [0.717, 1.165) is 20.6 Å². The molecular weight excluding hydrogens is 249 g/mol. The number of nitrogens with one attached hydrogen (secondary N) is 1. The molecule has 66 valence electrons. The van der Waals surface area contributed by atoms with Gasteiger partial charge in [-0.05, 0) is 17.7 Å². The van der Waals surface area contributed by atoms with Gasteiger partial charge >= 0.3 is 0 Å². The molecule has 0 aliphatic heterocycles. The molecule has 0 saturated carbocycles. The summed E-state index contributed by atoms with van der Waals surface area (Å²) >= 11 is 9.40. The number of aromatic nitrogens is 1. The van der Waals surface area contributed by atoms with E-state index in [1.165, 1.54) is 0 Å². The highest BCUT2D eigenvalue weighted by atomic mass is 79.9. The normalized spacial score (nSPS) is 10.3. The number of halogens is 2. The number of aromatic amines is 1. The molecule has 0 atom stereocenters. The summed E-state index contributed by atoms with van der Waals surface area (Å²) in [7, 11) is 0. The SMILES string of the molecule is Clc1c[nH]cc1-c1cccc(Br)c1. The van der Waals surface area contributed by atoms with Gasteiger partial charge in [-0.3, -0.25) is 0 Å². The third kappa shape index (κ3) is 1.79. The van der Waals surface area contributed by atoms with Crippen molar-refractivity contribution < 1.29 is 0 Å². The molecule has 0 unspecified atom stereocenters. The molecule has 1 aromatic heterocycles. The Balaban J connectivity index is 2.53. The van der Waals surface area contributed by atoms with Crippen LogP contribution in [0.2, 0.25) is 5.02 Å². The van der Waals surface area contributed by atoms with Gasteiger partial charge in [-0.15, -0.1) is 0 Å². The second-order valence-corrected chi connectivity index (χ2v) is 4.05. The molecule has 2 rings (SSSR count). The van der Waals surface area contributed by atoms with E-state index in [2.05, 4.69) is 20.9 Å². The molecule has 1 nitrogen and oxygen atoms in total. The Kier molecular flexibility index (Phi) is 2.42. The van der Waals surface area contributed by atoms with E-state index < -0.39 is 0 Å². The van der Waals surface area contributed by atoms with Gasteiger partial charge in [-0.2, -0.15) is 0 Å². The van der Waals surface area contributed by atoms with Crippen LogP contribution < -0.4 is 0 Å². The van der Waals surface area contributed by atoms with Gasteiger partial charge in [0.15, 0.2) is 0 Å². The zero-order valence-electron chi connectivity index (χ0n) is 6.72. The van der Waals surface area contributed by atoms with Crippen LogP contribution in [0.1, 0.15) is 0 Å². The highest BCUT2D eigenvalue weighted by molar-refractivity contribution is 9.10. The fraction of sp³-hybridized carbons (Fsp3) is 0. The molecule has 1 aromatic carbocycles. The number of H-pyrrole nitrogens is 1. The van der Waals surface area contributed by atoms with Gasteiger partial charge in [0.1, 0.15) is 0 Å². The van der Waals surface area contributed by atoms with Crippen LogP contribution in [-0.2, 0) is 0 Å². The van der Waals surface area contributed by atoms with Gasteiger partial charge in [-0.1, -0.05) is 39.7 Å². The molecule has 0 fully saturated rings. The Bertz CT molecular complexity index is 422. The summed E-state index contributed by atoms with van der Waals surface area (Å²) in [5.41, 5.74) is 2.14. The van der Waals surface area contributed by atoms with Gasteiger partial charge in [0, 0.05) is 22.4 Å². The van der Waals surface area contributed by atoms with E-state index in [-0.39, 0.29) is 0 Å². The molecule has 0 aliphatic carbocycles. The van der Waals surface area contributed by atoms with Crippen molar-refractivity contribution in [2.75, 3.05) is 0 Å². The summed E-state index contributed by atoms with van der Waals surface area (Å²) in [6.07, 6.45) is 3.67. The molecule has 0 aliphatic rings. The average molecular weight is 257 g/mol. The highest BCUT2D eigenvalue weighted by Crippen LogP contribution is 2.28. The lowest BCUT2D eigenvalue weighted by Crippen LogP contribution is -1.74. The summed E-state index contributed by atoms with van der Waals surface area (Å²) in [6.45, 7) is 0. The molecular formula is C10H7BrClN. The molecule has 13 heavy (non-hydrogen) atoms. The first kappa shape index (κ1) is 8.85. The van der Waals surface area contributed by atoms with Crippen LogP contribution in [0.15, 0.2) is 41.1 Å². The first-order valence-electron chi connectivity index (χ1n) is 3.85. The first-order chi connectivity index (χ1) is 6.27. The summed E-state index contributed by atoms with van der Waals surface area (Å²) < 4.78 is 1.06. The van der Waals surface area contributed by atoms with Gasteiger partial charge in [0.2, 0.25) is 0 Å². The third-order valence-electron chi connectivity index (χ3n) is 1.83. The Morgan fingerprint density at radius 1 is 1.23 bits per heavy atom. The van der Waals surface area contributed by atoms with Gasteiger partial charge in [0.25, 0.3) is 0 Å². The van der Waals surface area contributed by atoms with Crippen molar-refractivity contribution >= 4 is 27.5 Å². The Hall–Kier alpha value is -0.730. The largest absolute Gasteiger partial charge is 0.366 e. The fourth-order valence-corrected chi connectivity index (χ4v) is 1.85. The van der Waals surface area contributed by atoms with Gasteiger partial charge in [0.05, 0.1) is 5.02 Å². The van der Waals surface area contributed by atoms with E-state index in [9.17, 15) is 0 Å².